The monoisotopic (exact) mass is 292 g/mol. The van der Waals surface area contributed by atoms with Gasteiger partial charge in [-0.25, -0.2) is 4.39 Å². The van der Waals surface area contributed by atoms with E-state index in [2.05, 4.69) is 10.1 Å². The number of rotatable bonds is 4. The SMILES string of the molecule is CCOC(=O)C(C)(C)c1nc(-c2ccc(C)c(F)c2)no1. The number of hydrogen-bond acceptors (Lipinski definition) is 5. The van der Waals surface area contributed by atoms with Crippen molar-refractivity contribution in [1.29, 1.82) is 0 Å². The summed E-state index contributed by atoms with van der Waals surface area (Å²) in [6.45, 7) is 6.94. The van der Waals surface area contributed by atoms with E-state index < -0.39 is 11.4 Å². The molecule has 0 amide bonds. The van der Waals surface area contributed by atoms with Gasteiger partial charge in [0.25, 0.3) is 0 Å². The fraction of sp³-hybridized carbons (Fsp3) is 0.400. The standard InChI is InChI=1S/C15H17FN2O3/c1-5-20-14(19)15(3,4)13-17-12(18-21-13)10-7-6-9(2)11(16)8-10/h6-8H,5H2,1-4H3. The molecule has 0 aliphatic rings. The van der Waals surface area contributed by atoms with Crippen LogP contribution in [0.15, 0.2) is 22.7 Å². The summed E-state index contributed by atoms with van der Waals surface area (Å²) in [5.41, 5.74) is -0.0214. The average Bonchev–Trinajstić information content (AvgIpc) is 2.92. The predicted molar refractivity (Wildman–Crippen MR) is 74.1 cm³/mol. The van der Waals surface area contributed by atoms with Crippen molar-refractivity contribution in [2.45, 2.75) is 33.1 Å². The quantitative estimate of drug-likeness (QED) is 0.810. The largest absolute Gasteiger partial charge is 0.465 e. The van der Waals surface area contributed by atoms with E-state index in [0.717, 1.165) is 0 Å². The molecule has 0 N–H and O–H groups in total. The molecular formula is C15H17FN2O3. The number of halogens is 1. The molecule has 0 spiro atoms. The smallest absolute Gasteiger partial charge is 0.321 e. The molecule has 2 aromatic rings. The molecule has 0 atom stereocenters. The van der Waals surface area contributed by atoms with Gasteiger partial charge in [0.1, 0.15) is 11.2 Å². The Morgan fingerprint density at radius 3 is 2.76 bits per heavy atom. The first-order chi connectivity index (χ1) is 9.86. The highest BCUT2D eigenvalue weighted by Crippen LogP contribution is 2.26. The van der Waals surface area contributed by atoms with Crippen molar-refractivity contribution >= 4 is 5.97 Å². The molecule has 0 saturated heterocycles. The second-order valence-corrected chi connectivity index (χ2v) is 5.23. The van der Waals surface area contributed by atoms with E-state index in [1.54, 1.807) is 39.8 Å². The topological polar surface area (TPSA) is 65.2 Å². The van der Waals surface area contributed by atoms with E-state index in [9.17, 15) is 9.18 Å². The highest BCUT2D eigenvalue weighted by molar-refractivity contribution is 5.80. The highest BCUT2D eigenvalue weighted by atomic mass is 19.1. The number of aryl methyl sites for hydroxylation is 1. The van der Waals surface area contributed by atoms with Crippen LogP contribution in [0.25, 0.3) is 11.4 Å². The Morgan fingerprint density at radius 1 is 1.43 bits per heavy atom. The molecular weight excluding hydrogens is 275 g/mol. The van der Waals surface area contributed by atoms with Gasteiger partial charge in [0.15, 0.2) is 0 Å². The molecule has 0 radical (unpaired) electrons. The molecule has 0 saturated carbocycles. The Balaban J connectivity index is 2.33. The second kappa shape index (κ2) is 5.63. The lowest BCUT2D eigenvalue weighted by Crippen LogP contribution is -2.31. The van der Waals surface area contributed by atoms with Crippen LogP contribution in [0.3, 0.4) is 0 Å². The molecule has 112 valence electrons. The molecule has 0 unspecified atom stereocenters. The fourth-order valence-electron chi connectivity index (χ4n) is 1.73. The van der Waals surface area contributed by atoms with E-state index in [1.165, 1.54) is 6.07 Å². The molecule has 2 rings (SSSR count). The Bertz CT molecular complexity index is 665. The van der Waals surface area contributed by atoms with Crippen molar-refractivity contribution < 1.29 is 18.4 Å². The maximum Gasteiger partial charge on any atom is 0.321 e. The van der Waals surface area contributed by atoms with Crippen LogP contribution >= 0.6 is 0 Å². The molecule has 1 aromatic heterocycles. The van der Waals surface area contributed by atoms with E-state index in [4.69, 9.17) is 9.26 Å². The van der Waals surface area contributed by atoms with Crippen molar-refractivity contribution in [1.82, 2.24) is 10.1 Å². The first-order valence-corrected chi connectivity index (χ1v) is 6.64. The summed E-state index contributed by atoms with van der Waals surface area (Å²) in [6.07, 6.45) is 0. The van der Waals surface area contributed by atoms with Crippen molar-refractivity contribution in [3.63, 3.8) is 0 Å². The number of ether oxygens (including phenoxy) is 1. The average molecular weight is 292 g/mol. The molecule has 0 bridgehead atoms. The lowest BCUT2D eigenvalue weighted by atomic mass is 9.94. The van der Waals surface area contributed by atoms with Gasteiger partial charge >= 0.3 is 5.97 Å². The third kappa shape index (κ3) is 2.94. The summed E-state index contributed by atoms with van der Waals surface area (Å²) >= 11 is 0. The number of aromatic nitrogens is 2. The van der Waals surface area contributed by atoms with Gasteiger partial charge in [0.2, 0.25) is 11.7 Å². The Hall–Kier alpha value is -2.24. The molecule has 6 heteroatoms. The minimum absolute atomic E-state index is 0.136. The van der Waals surface area contributed by atoms with Crippen molar-refractivity contribution in [2.75, 3.05) is 6.61 Å². The lowest BCUT2D eigenvalue weighted by Gasteiger charge is -2.16. The van der Waals surface area contributed by atoms with Gasteiger partial charge in [0, 0.05) is 5.56 Å². The van der Waals surface area contributed by atoms with Crippen LogP contribution in [-0.4, -0.2) is 22.7 Å². The number of hydrogen-bond donors (Lipinski definition) is 0. The second-order valence-electron chi connectivity index (χ2n) is 5.23. The zero-order valence-corrected chi connectivity index (χ0v) is 12.4. The molecule has 1 aromatic carbocycles. The number of carbonyl (C=O) groups excluding carboxylic acids is 1. The maximum atomic E-state index is 13.6. The normalized spacial score (nSPS) is 11.5. The Kier molecular flexibility index (Phi) is 4.06. The van der Waals surface area contributed by atoms with Crippen LogP contribution in [0.5, 0.6) is 0 Å². The van der Waals surface area contributed by atoms with Gasteiger partial charge in [-0.3, -0.25) is 4.79 Å². The highest BCUT2D eigenvalue weighted by Gasteiger charge is 2.37. The van der Waals surface area contributed by atoms with Gasteiger partial charge in [-0.2, -0.15) is 4.98 Å². The lowest BCUT2D eigenvalue weighted by molar-refractivity contribution is -0.149. The Labute approximate surface area is 122 Å². The van der Waals surface area contributed by atoms with Crippen LogP contribution in [0.4, 0.5) is 4.39 Å². The van der Waals surface area contributed by atoms with E-state index in [-0.39, 0.29) is 24.1 Å². The van der Waals surface area contributed by atoms with Crippen LogP contribution in [0, 0.1) is 12.7 Å². The van der Waals surface area contributed by atoms with Crippen LogP contribution < -0.4 is 0 Å². The third-order valence-electron chi connectivity index (χ3n) is 3.18. The number of nitrogens with zero attached hydrogens (tertiary/aromatic N) is 2. The van der Waals surface area contributed by atoms with Crippen molar-refractivity contribution in [3.05, 3.63) is 35.5 Å². The van der Waals surface area contributed by atoms with Gasteiger partial charge in [-0.05, 0) is 39.3 Å². The van der Waals surface area contributed by atoms with E-state index >= 15 is 0 Å². The summed E-state index contributed by atoms with van der Waals surface area (Å²) in [5, 5.41) is 3.81. The zero-order chi connectivity index (χ0) is 15.6. The number of esters is 1. The fourth-order valence-corrected chi connectivity index (χ4v) is 1.73. The molecule has 1 heterocycles. The molecule has 21 heavy (non-hydrogen) atoms. The summed E-state index contributed by atoms with van der Waals surface area (Å²) in [4.78, 5) is 16.1. The number of carbonyl (C=O) groups is 1. The zero-order valence-electron chi connectivity index (χ0n) is 12.4. The predicted octanol–water partition coefficient (Wildman–Crippen LogP) is 3.02. The number of benzene rings is 1. The van der Waals surface area contributed by atoms with Gasteiger partial charge in [-0.15, -0.1) is 0 Å². The van der Waals surface area contributed by atoms with Crippen LogP contribution in [0.2, 0.25) is 0 Å². The summed E-state index contributed by atoms with van der Waals surface area (Å²) in [5.74, 6) is -0.419. The van der Waals surface area contributed by atoms with E-state index in [0.29, 0.717) is 11.1 Å². The minimum Gasteiger partial charge on any atom is -0.465 e. The summed E-state index contributed by atoms with van der Waals surface area (Å²) < 4.78 is 23.7. The third-order valence-corrected chi connectivity index (χ3v) is 3.18. The molecule has 0 aliphatic carbocycles. The summed E-state index contributed by atoms with van der Waals surface area (Å²) in [6, 6.07) is 4.67. The first kappa shape index (κ1) is 15.2. The first-order valence-electron chi connectivity index (χ1n) is 6.64. The summed E-state index contributed by atoms with van der Waals surface area (Å²) in [7, 11) is 0. The van der Waals surface area contributed by atoms with Gasteiger partial charge < -0.3 is 9.26 Å². The Morgan fingerprint density at radius 2 is 2.14 bits per heavy atom. The molecule has 0 aliphatic heterocycles. The van der Waals surface area contributed by atoms with Gasteiger partial charge in [0.05, 0.1) is 6.61 Å². The maximum absolute atomic E-state index is 13.6. The van der Waals surface area contributed by atoms with Crippen LogP contribution in [-0.2, 0) is 14.9 Å². The van der Waals surface area contributed by atoms with Crippen LogP contribution in [0.1, 0.15) is 32.2 Å². The molecule has 0 fully saturated rings. The van der Waals surface area contributed by atoms with Crippen molar-refractivity contribution in [2.24, 2.45) is 0 Å². The molecule has 5 nitrogen and oxygen atoms in total. The minimum atomic E-state index is -1.05. The van der Waals surface area contributed by atoms with Crippen molar-refractivity contribution in [3.8, 4) is 11.4 Å². The van der Waals surface area contributed by atoms with E-state index in [1.807, 2.05) is 0 Å². The van der Waals surface area contributed by atoms with Gasteiger partial charge in [-0.1, -0.05) is 17.3 Å².